The number of rotatable bonds is 105. The maximum atomic E-state index is 14.1. The largest absolute Gasteiger partial charge is 0.379 e. The van der Waals surface area contributed by atoms with Crippen LogP contribution in [0.15, 0.2) is 35.3 Å². The number of amides is 3. The van der Waals surface area contributed by atoms with Gasteiger partial charge in [-0.15, -0.1) is 0 Å². The van der Waals surface area contributed by atoms with Crippen molar-refractivity contribution < 1.29 is 24.0 Å². The molecule has 1 atom stereocenters. The summed E-state index contributed by atoms with van der Waals surface area (Å²) in [6, 6.07) is 5.86. The Balaban J connectivity index is 1.55. The van der Waals surface area contributed by atoms with Gasteiger partial charge in [-0.1, -0.05) is 408 Å². The number of aromatic amines is 1. The fourth-order valence-electron chi connectivity index (χ4n) is 19.6. The summed E-state index contributed by atoms with van der Waals surface area (Å²) in [6.45, 7) is 29.0. The van der Waals surface area contributed by atoms with E-state index < -0.39 is 17.5 Å². The number of nitrogens with one attached hydrogen (secondary N) is 5. The zero-order valence-corrected chi connectivity index (χ0v) is 89.9. The summed E-state index contributed by atoms with van der Waals surface area (Å²) in [5.41, 5.74) is 7.00. The third-order valence-corrected chi connectivity index (χ3v) is 28.5. The molecular formula is C117H217N13O6. The minimum absolute atomic E-state index is 0.0222. The van der Waals surface area contributed by atoms with E-state index in [0.29, 0.717) is 74.3 Å². The first-order chi connectivity index (χ1) is 66.8. The summed E-state index contributed by atoms with van der Waals surface area (Å²) in [5, 5.41) is 12.3. The summed E-state index contributed by atoms with van der Waals surface area (Å²) >= 11 is 0. The number of H-pyrrole nitrogens is 1. The number of ketones is 2. The summed E-state index contributed by atoms with van der Waals surface area (Å²) in [7, 11) is 0. The summed E-state index contributed by atoms with van der Waals surface area (Å²) in [4.78, 5) is 107. The zero-order chi connectivity index (χ0) is 97.8. The van der Waals surface area contributed by atoms with E-state index in [1.807, 2.05) is 0 Å². The van der Waals surface area contributed by atoms with Crippen LogP contribution in [0.5, 0.6) is 0 Å². The van der Waals surface area contributed by atoms with Gasteiger partial charge in [0.25, 0.3) is 11.5 Å². The number of nitrogens with zero attached hydrogens (tertiary/aromatic N) is 7. The van der Waals surface area contributed by atoms with E-state index >= 15 is 0 Å². The monoisotopic (exact) mass is 1900 g/mol. The Morgan fingerprint density at radius 2 is 0.603 bits per heavy atom. The van der Waals surface area contributed by atoms with Gasteiger partial charge in [0.1, 0.15) is 17.6 Å². The second kappa shape index (κ2) is 93.3. The maximum absolute atomic E-state index is 14.1. The number of benzene rings is 1. The molecule has 0 fully saturated rings. The molecule has 0 spiro atoms. The minimum atomic E-state index is -0.976. The predicted octanol–water partition coefficient (Wildman–Crippen LogP) is 30.1. The Kier molecular flexibility index (Phi) is 85.6. The molecule has 3 rings (SSSR count). The van der Waals surface area contributed by atoms with Crippen LogP contribution in [-0.4, -0.2) is 166 Å². The fourth-order valence-corrected chi connectivity index (χ4v) is 19.6. The third-order valence-electron chi connectivity index (χ3n) is 28.5. The highest BCUT2D eigenvalue weighted by Gasteiger charge is 2.24. The molecule has 0 aliphatic carbocycles. The molecule has 0 saturated carbocycles. The first-order valence-electron chi connectivity index (χ1n) is 59.0. The van der Waals surface area contributed by atoms with Crippen molar-refractivity contribution in [3.8, 4) is 0 Å². The first-order valence-corrected chi connectivity index (χ1v) is 59.0. The summed E-state index contributed by atoms with van der Waals surface area (Å²) in [6.07, 6.45) is 97.3. The number of carbonyl (C=O) groups excluding carboxylic acids is 5. The lowest BCUT2D eigenvalue weighted by molar-refractivity contribution is -0.123. The molecule has 3 aromatic rings. The lowest BCUT2D eigenvalue weighted by Crippen LogP contribution is -2.47. The van der Waals surface area contributed by atoms with Crippen molar-refractivity contribution in [3.63, 3.8) is 0 Å². The Bertz CT molecular complexity index is 3230. The number of fused-ring (bicyclic) bond motifs is 1. The highest BCUT2D eigenvalue weighted by Crippen LogP contribution is 2.23. The molecule has 19 nitrogen and oxygen atoms in total. The van der Waals surface area contributed by atoms with Gasteiger partial charge >= 0.3 is 0 Å². The summed E-state index contributed by atoms with van der Waals surface area (Å²) in [5.74, 6) is -0.498. The quantitative estimate of drug-likeness (QED) is 0.0288. The lowest BCUT2D eigenvalue weighted by atomic mass is 10.0. The minimum Gasteiger partial charge on any atom is -0.379 e. The molecule has 19 heteroatoms. The zero-order valence-electron chi connectivity index (χ0n) is 89.9. The molecule has 0 bridgehead atoms. The van der Waals surface area contributed by atoms with Crippen LogP contribution < -0.4 is 32.6 Å². The Labute approximate surface area is 836 Å². The second-order valence-electron chi connectivity index (χ2n) is 41.4. The Morgan fingerprint density at radius 3 is 0.934 bits per heavy atom. The van der Waals surface area contributed by atoms with Crippen LogP contribution in [0.4, 0.5) is 11.6 Å². The van der Waals surface area contributed by atoms with Crippen molar-refractivity contribution in [2.24, 2.45) is 0 Å². The predicted molar refractivity (Wildman–Crippen MR) is 583 cm³/mol. The second-order valence-corrected chi connectivity index (χ2v) is 41.4. The van der Waals surface area contributed by atoms with Gasteiger partial charge in [-0.25, -0.2) is 9.97 Å². The first kappa shape index (κ1) is 125. The van der Waals surface area contributed by atoms with Gasteiger partial charge in [0.2, 0.25) is 17.8 Å². The maximum Gasteiger partial charge on any atom is 0.280 e. The number of nitrogens with two attached hydrogens (primary N) is 1. The van der Waals surface area contributed by atoms with E-state index in [1.165, 1.54) is 463 Å². The molecule has 786 valence electrons. The molecule has 1 aromatic carbocycles. The number of carbonyl (C=O) groups is 5. The molecule has 0 aliphatic rings. The van der Waals surface area contributed by atoms with Gasteiger partial charge in [0.15, 0.2) is 11.2 Å². The molecule has 2 aromatic heterocycles. The van der Waals surface area contributed by atoms with Gasteiger partial charge in [0.05, 0.1) is 18.4 Å². The number of anilines is 2. The molecule has 7 N–H and O–H groups in total. The number of unbranched alkanes of at least 4 members (excludes halogenated alkanes) is 60. The van der Waals surface area contributed by atoms with E-state index in [9.17, 15) is 28.8 Å². The molecular weight excluding hydrogens is 1680 g/mol. The van der Waals surface area contributed by atoms with Crippen LogP contribution in [0.3, 0.4) is 0 Å². The topological polar surface area (TPSA) is 244 Å². The smallest absolute Gasteiger partial charge is 0.280 e. The van der Waals surface area contributed by atoms with Crippen molar-refractivity contribution in [3.05, 3.63) is 52.1 Å². The number of aromatic nitrogens is 4. The fraction of sp³-hybridized carbons (Fsp3) is 0.855. The van der Waals surface area contributed by atoms with E-state index in [0.717, 1.165) is 71.0 Å². The van der Waals surface area contributed by atoms with E-state index in [1.54, 1.807) is 24.3 Å². The van der Waals surface area contributed by atoms with Gasteiger partial charge in [0, 0.05) is 56.4 Å². The number of nitrogen functional groups attached to an aromatic ring is 1. The van der Waals surface area contributed by atoms with Crippen molar-refractivity contribution in [1.29, 1.82) is 0 Å². The van der Waals surface area contributed by atoms with Crippen molar-refractivity contribution in [2.45, 2.75) is 555 Å². The van der Waals surface area contributed by atoms with Crippen molar-refractivity contribution in [1.82, 2.24) is 55.5 Å². The van der Waals surface area contributed by atoms with Gasteiger partial charge in [-0.05, 0) is 206 Å². The molecule has 136 heavy (non-hydrogen) atoms. The van der Waals surface area contributed by atoms with Gasteiger partial charge in [-0.2, -0.15) is 4.98 Å². The number of Topliss-reactive ketones (excluding diaryl/α,β-unsaturated/α-hetero) is 2. The molecule has 0 aliphatic heterocycles. The Hall–Kier alpha value is -5.37. The average molecular weight is 1900 g/mol. The molecule has 0 radical (unpaired) electrons. The van der Waals surface area contributed by atoms with Crippen molar-refractivity contribution >= 4 is 52.1 Å². The van der Waals surface area contributed by atoms with Gasteiger partial charge in [-0.3, -0.25) is 33.8 Å². The molecule has 0 saturated heterocycles. The third kappa shape index (κ3) is 74.6. The highest BCUT2D eigenvalue weighted by atomic mass is 16.2. The van der Waals surface area contributed by atoms with Crippen LogP contribution in [-0.2, 0) is 25.7 Å². The van der Waals surface area contributed by atoms with Crippen LogP contribution >= 0.6 is 0 Å². The standard InChI is InChI=1S/C117H217N13O6/c1-7-13-19-25-31-37-43-49-55-68-91-127(92-69-56-50-44-38-32-26-20-14-8-2)99-77-101-129(95-72-59-53-47-41-35-29-23-17-11-5)97-74-62-66-80-108(131)79-64-61-65-81-109(132)87-88-110(124-114(134)105-83-85-106(86-84-105)121-103-107-104-122-113-112(123-107)116(136)126-117(118)125-113)115(135)120-90-76-89-119-111(133)82-67-63-75-98-130(96-73-60-54-48-42-36-30-24-18-12-6)102-78-100-128(93-70-57-51-45-39-33-27-21-15-9-3)94-71-58-52-46-40-34-28-22-16-10-4/h83-86,104,110,121H,7-82,87-103H2,1-6H3,(H,119,133)(H,120,135)(H,124,134)(H3,118,122,125,126,136). The van der Waals surface area contributed by atoms with Crippen LogP contribution in [0.1, 0.15) is 558 Å². The molecule has 3 amide bonds. The number of hydrogen-bond donors (Lipinski definition) is 6. The van der Waals surface area contributed by atoms with E-state index in [2.05, 4.69) is 102 Å². The average Bonchev–Trinajstić information content (AvgIpc) is 0.809. The number of hydrogen-bond acceptors (Lipinski definition) is 15. The lowest BCUT2D eigenvalue weighted by Gasteiger charge is -2.26. The molecule has 2 heterocycles. The van der Waals surface area contributed by atoms with E-state index in [4.69, 9.17) is 5.73 Å². The summed E-state index contributed by atoms with van der Waals surface area (Å²) < 4.78 is 0. The van der Waals surface area contributed by atoms with Crippen LogP contribution in [0, 0.1) is 0 Å². The van der Waals surface area contributed by atoms with E-state index in [-0.39, 0.29) is 54.1 Å². The van der Waals surface area contributed by atoms with Crippen LogP contribution in [0.25, 0.3) is 11.2 Å². The van der Waals surface area contributed by atoms with Crippen LogP contribution in [0.2, 0.25) is 0 Å². The van der Waals surface area contributed by atoms with Crippen molar-refractivity contribution in [2.75, 3.05) is 103 Å². The SMILES string of the molecule is CCCCCCCCCCCCN(CCCCCCCCCCCC)CCCN(CCCCCCCCCCCC)CCCCCC(=O)CCCCCC(=O)CCC(NC(=O)c1ccc(NCc2cnc3nc(N)[nH]c(=O)c3n2)cc1)C(=O)NCCCNC(=O)CCCCCN(CCCCCCCCCCCC)CCCN(CCCCCCCCCCCC)CCCCCCCCCCCC. The normalized spacial score (nSPS) is 12.0. The molecule has 1 unspecified atom stereocenters. The van der Waals surface area contributed by atoms with Gasteiger partial charge < -0.3 is 46.6 Å². The Morgan fingerprint density at radius 1 is 0.324 bits per heavy atom. The highest BCUT2D eigenvalue weighted by molar-refractivity contribution is 5.98.